The van der Waals surface area contributed by atoms with E-state index >= 15 is 0 Å². The van der Waals surface area contributed by atoms with E-state index in [0.717, 1.165) is 36.6 Å². The third-order valence-corrected chi connectivity index (χ3v) is 4.04. The third-order valence-electron chi connectivity index (χ3n) is 3.21. The van der Waals surface area contributed by atoms with Crippen LogP contribution in [0.4, 0.5) is 4.79 Å². The van der Waals surface area contributed by atoms with Crippen LogP contribution in [0.5, 0.6) is 0 Å². The number of amides is 2. The zero-order valence-corrected chi connectivity index (χ0v) is 12.3. The highest BCUT2D eigenvalue weighted by atomic mass is 32.1. The Hall–Kier alpha value is -1.14. The van der Waals surface area contributed by atoms with Crippen LogP contribution in [0.15, 0.2) is 5.38 Å². The molecule has 2 unspecified atom stereocenters. The highest BCUT2D eigenvalue weighted by molar-refractivity contribution is 7.09. The normalized spacial score (nSPS) is 20.2. The zero-order chi connectivity index (χ0) is 13.7. The summed E-state index contributed by atoms with van der Waals surface area (Å²) in [7, 11) is 0. The molecule has 19 heavy (non-hydrogen) atoms. The van der Waals surface area contributed by atoms with E-state index in [1.165, 1.54) is 0 Å². The van der Waals surface area contributed by atoms with Gasteiger partial charge in [0, 0.05) is 25.0 Å². The summed E-state index contributed by atoms with van der Waals surface area (Å²) in [6.45, 7) is 5.38. The van der Waals surface area contributed by atoms with Gasteiger partial charge < -0.3 is 15.4 Å². The number of hydrogen-bond acceptors (Lipinski definition) is 4. The lowest BCUT2D eigenvalue weighted by molar-refractivity contribution is 0.0860. The molecule has 0 saturated carbocycles. The molecule has 1 fully saturated rings. The van der Waals surface area contributed by atoms with Gasteiger partial charge in [-0.25, -0.2) is 9.78 Å². The Kier molecular flexibility index (Phi) is 5.15. The van der Waals surface area contributed by atoms with Crippen LogP contribution in [0.25, 0.3) is 0 Å². The molecule has 1 aromatic rings. The average Bonchev–Trinajstić information content (AvgIpc) is 3.00. The van der Waals surface area contributed by atoms with Gasteiger partial charge in [0.15, 0.2) is 0 Å². The fourth-order valence-corrected chi connectivity index (χ4v) is 2.82. The third kappa shape index (κ3) is 4.47. The summed E-state index contributed by atoms with van der Waals surface area (Å²) in [4.78, 5) is 16.1. The van der Waals surface area contributed by atoms with Crippen molar-refractivity contribution in [3.05, 3.63) is 16.1 Å². The van der Waals surface area contributed by atoms with E-state index < -0.39 is 0 Å². The van der Waals surface area contributed by atoms with Crippen molar-refractivity contribution >= 4 is 17.4 Å². The van der Waals surface area contributed by atoms with Gasteiger partial charge in [0.25, 0.3) is 0 Å². The second-order valence-corrected chi connectivity index (χ2v) is 5.91. The minimum absolute atomic E-state index is 0.0593. The summed E-state index contributed by atoms with van der Waals surface area (Å²) in [5.74, 6) is 0. The number of carbonyl (C=O) groups is 1. The highest BCUT2D eigenvalue weighted by Gasteiger charge is 2.23. The Bertz CT molecular complexity index is 416. The van der Waals surface area contributed by atoms with Crippen molar-refractivity contribution in [3.8, 4) is 0 Å². The minimum Gasteiger partial charge on any atom is -0.376 e. The standard InChI is InChI=1S/C13H21N3O2S/c1-9(12-4-3-7-18-12)15-13(17)14-6-5-11-8-19-10(2)16-11/h8-9,12H,3-7H2,1-2H3,(H2,14,15,17). The number of urea groups is 1. The van der Waals surface area contributed by atoms with Crippen LogP contribution in [0.3, 0.4) is 0 Å². The maximum Gasteiger partial charge on any atom is 0.315 e. The fraction of sp³-hybridized carbons (Fsp3) is 0.692. The summed E-state index contributed by atoms with van der Waals surface area (Å²) < 4.78 is 5.54. The molecule has 1 aromatic heterocycles. The predicted molar refractivity (Wildman–Crippen MR) is 75.5 cm³/mol. The number of carbonyl (C=O) groups excluding carboxylic acids is 1. The van der Waals surface area contributed by atoms with Gasteiger partial charge in [-0.3, -0.25) is 0 Å². The molecule has 0 radical (unpaired) electrons. The summed E-state index contributed by atoms with van der Waals surface area (Å²) >= 11 is 1.63. The van der Waals surface area contributed by atoms with E-state index in [2.05, 4.69) is 15.6 Å². The minimum atomic E-state index is -0.130. The van der Waals surface area contributed by atoms with Crippen molar-refractivity contribution in [2.75, 3.05) is 13.2 Å². The molecule has 2 atom stereocenters. The van der Waals surface area contributed by atoms with Crippen LogP contribution in [-0.2, 0) is 11.2 Å². The molecule has 0 spiro atoms. The van der Waals surface area contributed by atoms with E-state index in [9.17, 15) is 4.79 Å². The molecule has 106 valence electrons. The van der Waals surface area contributed by atoms with E-state index in [4.69, 9.17) is 4.74 Å². The highest BCUT2D eigenvalue weighted by Crippen LogP contribution is 2.15. The first-order chi connectivity index (χ1) is 9.15. The Balaban J connectivity index is 1.64. The summed E-state index contributed by atoms with van der Waals surface area (Å²) in [5, 5.41) is 8.87. The lowest BCUT2D eigenvalue weighted by Gasteiger charge is -2.20. The Labute approximate surface area is 117 Å². The summed E-state index contributed by atoms with van der Waals surface area (Å²) in [6, 6.07) is -0.0704. The van der Waals surface area contributed by atoms with Gasteiger partial charge in [0.1, 0.15) is 0 Å². The molecular weight excluding hydrogens is 262 g/mol. The molecule has 0 aliphatic carbocycles. The van der Waals surface area contributed by atoms with Gasteiger partial charge in [0.05, 0.1) is 22.8 Å². The number of hydrogen-bond donors (Lipinski definition) is 2. The number of rotatable bonds is 5. The number of nitrogens with zero attached hydrogens (tertiary/aromatic N) is 1. The van der Waals surface area contributed by atoms with Crippen LogP contribution in [0.1, 0.15) is 30.5 Å². The molecule has 5 nitrogen and oxygen atoms in total. The Morgan fingerprint density at radius 2 is 2.53 bits per heavy atom. The van der Waals surface area contributed by atoms with E-state index in [0.29, 0.717) is 6.54 Å². The monoisotopic (exact) mass is 283 g/mol. The van der Waals surface area contributed by atoms with Gasteiger partial charge >= 0.3 is 6.03 Å². The topological polar surface area (TPSA) is 63.2 Å². The molecule has 0 aromatic carbocycles. The molecule has 2 N–H and O–H groups in total. The van der Waals surface area contributed by atoms with Crippen molar-refractivity contribution in [1.82, 2.24) is 15.6 Å². The van der Waals surface area contributed by atoms with Crippen molar-refractivity contribution in [1.29, 1.82) is 0 Å². The predicted octanol–water partition coefficient (Wildman–Crippen LogP) is 1.86. The van der Waals surface area contributed by atoms with Crippen molar-refractivity contribution in [3.63, 3.8) is 0 Å². The van der Waals surface area contributed by atoms with Gasteiger partial charge in [-0.1, -0.05) is 0 Å². The van der Waals surface area contributed by atoms with Gasteiger partial charge in [-0.2, -0.15) is 0 Å². The van der Waals surface area contributed by atoms with Crippen molar-refractivity contribution in [2.45, 2.75) is 45.3 Å². The number of ether oxygens (including phenoxy) is 1. The second-order valence-electron chi connectivity index (χ2n) is 4.85. The van der Waals surface area contributed by atoms with Gasteiger partial charge in [-0.05, 0) is 26.7 Å². The molecule has 2 rings (SSSR count). The number of aryl methyl sites for hydroxylation is 1. The van der Waals surface area contributed by atoms with Crippen molar-refractivity contribution < 1.29 is 9.53 Å². The van der Waals surface area contributed by atoms with Crippen LogP contribution in [-0.4, -0.2) is 36.3 Å². The van der Waals surface area contributed by atoms with Crippen molar-refractivity contribution in [2.24, 2.45) is 0 Å². The summed E-state index contributed by atoms with van der Waals surface area (Å²) in [6.07, 6.45) is 3.04. The molecule has 2 amide bonds. The maximum atomic E-state index is 11.7. The molecule has 6 heteroatoms. The lowest BCUT2D eigenvalue weighted by Crippen LogP contribution is -2.46. The number of nitrogens with one attached hydrogen (secondary N) is 2. The van der Waals surface area contributed by atoms with E-state index in [1.807, 2.05) is 19.2 Å². The van der Waals surface area contributed by atoms with Gasteiger partial charge in [-0.15, -0.1) is 11.3 Å². The maximum absolute atomic E-state index is 11.7. The largest absolute Gasteiger partial charge is 0.376 e. The summed E-state index contributed by atoms with van der Waals surface area (Å²) in [5.41, 5.74) is 1.04. The first-order valence-corrected chi connectivity index (χ1v) is 7.60. The molecule has 2 heterocycles. The molecule has 0 bridgehead atoms. The first-order valence-electron chi connectivity index (χ1n) is 6.72. The fourth-order valence-electron chi connectivity index (χ4n) is 2.17. The molecule has 1 aliphatic rings. The first kappa shape index (κ1) is 14.3. The average molecular weight is 283 g/mol. The number of thiazole rings is 1. The van der Waals surface area contributed by atoms with Crippen LogP contribution >= 0.6 is 11.3 Å². The number of aromatic nitrogens is 1. The Morgan fingerprint density at radius 1 is 1.68 bits per heavy atom. The molecular formula is C13H21N3O2S. The quantitative estimate of drug-likeness (QED) is 0.867. The van der Waals surface area contributed by atoms with E-state index in [1.54, 1.807) is 11.3 Å². The van der Waals surface area contributed by atoms with Crippen LogP contribution in [0, 0.1) is 6.92 Å². The van der Waals surface area contributed by atoms with E-state index in [-0.39, 0.29) is 18.2 Å². The SMILES string of the molecule is Cc1nc(CCNC(=O)NC(C)C2CCCO2)cs1. The lowest BCUT2D eigenvalue weighted by atomic mass is 10.1. The molecule has 1 aliphatic heterocycles. The van der Waals surface area contributed by atoms with Crippen LogP contribution < -0.4 is 10.6 Å². The Morgan fingerprint density at radius 3 is 3.16 bits per heavy atom. The zero-order valence-electron chi connectivity index (χ0n) is 11.4. The van der Waals surface area contributed by atoms with Gasteiger partial charge in [0.2, 0.25) is 0 Å². The molecule has 1 saturated heterocycles. The van der Waals surface area contributed by atoms with Crippen LogP contribution in [0.2, 0.25) is 0 Å². The second kappa shape index (κ2) is 6.86. The smallest absolute Gasteiger partial charge is 0.315 e.